The van der Waals surface area contributed by atoms with E-state index in [9.17, 15) is 4.79 Å². The Morgan fingerprint density at radius 1 is 1.26 bits per heavy atom. The summed E-state index contributed by atoms with van der Waals surface area (Å²) in [5.74, 6) is 0.455. The number of likely N-dealkylation sites (N-methyl/N-ethyl adjacent to an activating group) is 1. The van der Waals surface area contributed by atoms with Crippen molar-refractivity contribution in [2.75, 3.05) is 20.2 Å². The topological polar surface area (TPSA) is 71.1 Å². The van der Waals surface area contributed by atoms with Crippen LogP contribution in [0.1, 0.15) is 0 Å². The Hall–Kier alpha value is -3.64. The molecule has 4 aromatic rings. The zero-order valence-corrected chi connectivity index (χ0v) is 17.8. The second kappa shape index (κ2) is 9.02. The first-order chi connectivity index (χ1) is 15.1. The van der Waals surface area contributed by atoms with Crippen LogP contribution in [-0.2, 0) is 4.79 Å². The standard InChI is InChI=1S/C24H21ClN4O2/c1-3-21(30)29(2)12-13-31-20-15-26-11-9-18(20)23-22(16-6-4-7-17(25)14-16)24-19(28-23)8-5-10-27-24/h3-11,14-15,28H,1,12-13H2,2H3. The van der Waals surface area contributed by atoms with Gasteiger partial charge >= 0.3 is 0 Å². The first-order valence-corrected chi connectivity index (χ1v) is 10.1. The summed E-state index contributed by atoms with van der Waals surface area (Å²) >= 11 is 6.27. The quantitative estimate of drug-likeness (QED) is 0.418. The highest BCUT2D eigenvalue weighted by atomic mass is 35.5. The highest BCUT2D eigenvalue weighted by molar-refractivity contribution is 6.31. The molecule has 0 spiro atoms. The smallest absolute Gasteiger partial charge is 0.245 e. The normalized spacial score (nSPS) is 10.8. The van der Waals surface area contributed by atoms with E-state index < -0.39 is 0 Å². The number of aromatic nitrogens is 3. The Labute approximate surface area is 185 Å². The van der Waals surface area contributed by atoms with Crippen LogP contribution < -0.4 is 4.74 Å². The molecule has 3 aromatic heterocycles. The largest absolute Gasteiger partial charge is 0.489 e. The molecule has 0 radical (unpaired) electrons. The van der Waals surface area contributed by atoms with Gasteiger partial charge in [0.25, 0.3) is 0 Å². The lowest BCUT2D eigenvalue weighted by molar-refractivity contribution is -0.125. The van der Waals surface area contributed by atoms with Gasteiger partial charge in [-0.25, -0.2) is 0 Å². The average Bonchev–Trinajstić information content (AvgIpc) is 3.18. The average molecular weight is 433 g/mol. The molecular weight excluding hydrogens is 412 g/mol. The lowest BCUT2D eigenvalue weighted by Gasteiger charge is -2.16. The number of carbonyl (C=O) groups is 1. The van der Waals surface area contributed by atoms with E-state index in [2.05, 4.69) is 21.5 Å². The molecule has 0 fully saturated rings. The highest BCUT2D eigenvalue weighted by Crippen LogP contribution is 2.40. The van der Waals surface area contributed by atoms with Crippen LogP contribution in [0.15, 0.2) is 73.7 Å². The van der Waals surface area contributed by atoms with E-state index in [1.807, 2.05) is 42.5 Å². The maximum absolute atomic E-state index is 11.7. The Morgan fingerprint density at radius 3 is 2.94 bits per heavy atom. The number of halogens is 1. The molecule has 1 aromatic carbocycles. The minimum Gasteiger partial charge on any atom is -0.489 e. The number of carbonyl (C=O) groups excluding carboxylic acids is 1. The zero-order chi connectivity index (χ0) is 21.8. The van der Waals surface area contributed by atoms with Crippen molar-refractivity contribution in [2.45, 2.75) is 0 Å². The summed E-state index contributed by atoms with van der Waals surface area (Å²) in [6, 6.07) is 13.4. The SMILES string of the molecule is C=CC(=O)N(C)CCOc1cnccc1-c1[nH]c2cccnc2c1-c1cccc(Cl)c1. The van der Waals surface area contributed by atoms with Crippen LogP contribution in [0.2, 0.25) is 5.02 Å². The Kier molecular flexibility index (Phi) is 6.00. The Bertz CT molecular complexity index is 1250. The molecule has 7 heteroatoms. The van der Waals surface area contributed by atoms with Gasteiger partial charge in [-0.05, 0) is 42.0 Å². The number of nitrogens with one attached hydrogen (secondary N) is 1. The van der Waals surface area contributed by atoms with E-state index >= 15 is 0 Å². The number of ether oxygens (including phenoxy) is 1. The zero-order valence-electron chi connectivity index (χ0n) is 17.0. The number of H-pyrrole nitrogens is 1. The van der Waals surface area contributed by atoms with Crippen molar-refractivity contribution < 1.29 is 9.53 Å². The van der Waals surface area contributed by atoms with Gasteiger partial charge in [0.05, 0.1) is 29.5 Å². The molecule has 0 saturated carbocycles. The van der Waals surface area contributed by atoms with Crippen molar-refractivity contribution in [3.05, 3.63) is 78.7 Å². The maximum atomic E-state index is 11.7. The van der Waals surface area contributed by atoms with Gasteiger partial charge in [0.1, 0.15) is 12.4 Å². The number of hydrogen-bond acceptors (Lipinski definition) is 4. The molecule has 0 unspecified atom stereocenters. The second-order valence-corrected chi connectivity index (χ2v) is 7.41. The van der Waals surface area contributed by atoms with Crippen molar-refractivity contribution in [1.29, 1.82) is 0 Å². The summed E-state index contributed by atoms with van der Waals surface area (Å²) in [6.07, 6.45) is 6.44. The third-order valence-corrected chi connectivity index (χ3v) is 5.19. The van der Waals surface area contributed by atoms with Crippen LogP contribution in [0, 0.1) is 0 Å². The summed E-state index contributed by atoms with van der Waals surface area (Å²) in [4.78, 5) is 25.5. The summed E-state index contributed by atoms with van der Waals surface area (Å²) in [6.45, 7) is 4.25. The van der Waals surface area contributed by atoms with Gasteiger partial charge in [-0.2, -0.15) is 0 Å². The number of pyridine rings is 2. The van der Waals surface area contributed by atoms with Crippen LogP contribution in [-0.4, -0.2) is 46.0 Å². The number of benzene rings is 1. The van der Waals surface area contributed by atoms with Gasteiger partial charge in [-0.3, -0.25) is 14.8 Å². The van der Waals surface area contributed by atoms with Crippen molar-refractivity contribution in [1.82, 2.24) is 19.9 Å². The summed E-state index contributed by atoms with van der Waals surface area (Å²) < 4.78 is 6.01. The molecule has 6 nitrogen and oxygen atoms in total. The maximum Gasteiger partial charge on any atom is 0.245 e. The van der Waals surface area contributed by atoms with Gasteiger partial charge in [0, 0.05) is 35.6 Å². The van der Waals surface area contributed by atoms with Crippen LogP contribution in [0.5, 0.6) is 5.75 Å². The molecule has 0 aliphatic rings. The molecular formula is C24H21ClN4O2. The Morgan fingerprint density at radius 2 is 2.13 bits per heavy atom. The fraction of sp³-hybridized carbons (Fsp3) is 0.125. The first-order valence-electron chi connectivity index (χ1n) is 9.76. The lowest BCUT2D eigenvalue weighted by atomic mass is 10.0. The molecule has 1 amide bonds. The fourth-order valence-electron chi connectivity index (χ4n) is 3.41. The van der Waals surface area contributed by atoms with Gasteiger partial charge in [-0.15, -0.1) is 0 Å². The minimum atomic E-state index is -0.153. The molecule has 0 aliphatic heterocycles. The van der Waals surface area contributed by atoms with E-state index in [0.29, 0.717) is 23.9 Å². The van der Waals surface area contributed by atoms with Crippen molar-refractivity contribution in [3.8, 4) is 28.1 Å². The number of amides is 1. The number of aromatic amines is 1. The predicted octanol–water partition coefficient (Wildman–Crippen LogP) is 4.97. The lowest BCUT2D eigenvalue weighted by Crippen LogP contribution is -2.29. The van der Waals surface area contributed by atoms with E-state index in [0.717, 1.165) is 33.4 Å². The second-order valence-electron chi connectivity index (χ2n) is 6.97. The van der Waals surface area contributed by atoms with E-state index in [1.165, 1.54) is 6.08 Å². The summed E-state index contributed by atoms with van der Waals surface area (Å²) in [5, 5.41) is 0.648. The van der Waals surface area contributed by atoms with Gasteiger partial charge in [0.2, 0.25) is 5.91 Å². The third-order valence-electron chi connectivity index (χ3n) is 4.96. The predicted molar refractivity (Wildman–Crippen MR) is 123 cm³/mol. The number of rotatable bonds is 7. The summed E-state index contributed by atoms with van der Waals surface area (Å²) in [5.41, 5.74) is 5.36. The highest BCUT2D eigenvalue weighted by Gasteiger charge is 2.19. The molecule has 0 saturated heterocycles. The molecule has 4 rings (SSSR count). The third kappa shape index (κ3) is 4.29. The fourth-order valence-corrected chi connectivity index (χ4v) is 3.60. The van der Waals surface area contributed by atoms with Crippen LogP contribution in [0.25, 0.3) is 33.4 Å². The Balaban J connectivity index is 1.75. The van der Waals surface area contributed by atoms with Crippen molar-refractivity contribution >= 4 is 28.5 Å². The van der Waals surface area contributed by atoms with Gasteiger partial charge in [0.15, 0.2) is 0 Å². The molecule has 0 aliphatic carbocycles. The molecule has 1 N–H and O–H groups in total. The molecule has 3 heterocycles. The van der Waals surface area contributed by atoms with E-state index in [4.69, 9.17) is 16.3 Å². The van der Waals surface area contributed by atoms with Gasteiger partial charge < -0.3 is 14.6 Å². The van der Waals surface area contributed by atoms with Gasteiger partial charge in [-0.1, -0.05) is 30.3 Å². The van der Waals surface area contributed by atoms with Crippen molar-refractivity contribution in [2.24, 2.45) is 0 Å². The summed E-state index contributed by atoms with van der Waals surface area (Å²) in [7, 11) is 1.71. The monoisotopic (exact) mass is 432 g/mol. The van der Waals surface area contributed by atoms with Crippen LogP contribution in [0.3, 0.4) is 0 Å². The molecule has 156 valence electrons. The van der Waals surface area contributed by atoms with Crippen LogP contribution in [0.4, 0.5) is 0 Å². The first kappa shape index (κ1) is 20.6. The van der Waals surface area contributed by atoms with Crippen molar-refractivity contribution in [3.63, 3.8) is 0 Å². The van der Waals surface area contributed by atoms with E-state index in [1.54, 1.807) is 30.5 Å². The van der Waals surface area contributed by atoms with Crippen LogP contribution >= 0.6 is 11.6 Å². The molecule has 0 bridgehead atoms. The number of nitrogens with zero attached hydrogens (tertiary/aromatic N) is 3. The minimum absolute atomic E-state index is 0.153. The molecule has 31 heavy (non-hydrogen) atoms. The number of fused-ring (bicyclic) bond motifs is 1. The van der Waals surface area contributed by atoms with E-state index in [-0.39, 0.29) is 5.91 Å². The number of hydrogen-bond donors (Lipinski definition) is 1. The molecule has 0 atom stereocenters.